The topological polar surface area (TPSA) is 0 Å². The van der Waals surface area contributed by atoms with Gasteiger partial charge in [0.2, 0.25) is 0 Å². The van der Waals surface area contributed by atoms with E-state index in [1.54, 1.807) is 0 Å². The van der Waals surface area contributed by atoms with Crippen molar-refractivity contribution >= 4 is 41.9 Å². The molecule has 0 spiro atoms. The maximum atomic E-state index is 2.53. The second-order valence-electron chi connectivity index (χ2n) is 6.38. The molecular weight excluding hydrogens is 418 g/mol. The predicted molar refractivity (Wildman–Crippen MR) is 126 cm³/mol. The monoisotopic (exact) mass is 440 g/mol. The van der Waals surface area contributed by atoms with Crippen LogP contribution < -0.4 is 19.3 Å². The first-order valence-electron chi connectivity index (χ1n) is 9.39. The van der Waals surface area contributed by atoms with Crippen molar-refractivity contribution in [3.63, 3.8) is 0 Å². The molecule has 0 radical (unpaired) electrons. The molecule has 0 nitrogen and oxygen atoms in total. The van der Waals surface area contributed by atoms with Crippen LogP contribution in [0.15, 0.2) is 132 Å². The Hall–Kier alpha value is -2.39. The Kier molecular flexibility index (Phi) is 6.56. The van der Waals surface area contributed by atoms with Gasteiger partial charge in [-0.3, -0.25) is 0 Å². The van der Waals surface area contributed by atoms with Gasteiger partial charge in [-0.05, 0) is 0 Å². The number of hydrogen-bond donors (Lipinski definition) is 0. The van der Waals surface area contributed by atoms with Crippen LogP contribution in [-0.4, -0.2) is 14.7 Å². The van der Waals surface area contributed by atoms with Gasteiger partial charge < -0.3 is 0 Å². The fourth-order valence-electron chi connectivity index (χ4n) is 3.13. The zero-order chi connectivity index (χ0) is 19.0. The van der Waals surface area contributed by atoms with E-state index >= 15 is 0 Å². The van der Waals surface area contributed by atoms with Crippen LogP contribution in [0.1, 0.15) is 0 Å². The molecule has 136 valence electrons. The van der Waals surface area contributed by atoms with Gasteiger partial charge >= 0.3 is 174 Å². The minimum atomic E-state index is -1.50. The van der Waals surface area contributed by atoms with Crippen molar-refractivity contribution in [2.75, 3.05) is 0 Å². The first kappa shape index (κ1) is 18.9. The Bertz CT molecular complexity index is 835. The van der Waals surface area contributed by atoms with Crippen molar-refractivity contribution in [3.8, 4) is 0 Å². The number of benzene rings is 4. The molecule has 2 heteroatoms. The maximum absolute atomic E-state index is 2.53. The molecule has 0 aliphatic heterocycles. The zero-order valence-corrected chi connectivity index (χ0v) is 18.4. The summed E-state index contributed by atoms with van der Waals surface area (Å²) in [4.78, 5) is 2.53. The van der Waals surface area contributed by atoms with Crippen LogP contribution in [0.25, 0.3) is 0 Å². The van der Waals surface area contributed by atoms with Crippen molar-refractivity contribution in [3.05, 3.63) is 132 Å². The van der Waals surface area contributed by atoms with E-state index in [9.17, 15) is 0 Å². The normalized spacial score (nSPS) is 11.4. The molecule has 0 bridgehead atoms. The Morgan fingerprint density at radius 2 is 0.821 bits per heavy atom. The third-order valence-electron chi connectivity index (χ3n) is 4.50. The third-order valence-corrected chi connectivity index (χ3v) is 11.7. The molecule has 0 aliphatic carbocycles. The summed E-state index contributed by atoms with van der Waals surface area (Å²) in [7, 11) is -0.508. The summed E-state index contributed by atoms with van der Waals surface area (Å²) >= 11 is -1.50. The second kappa shape index (κ2) is 9.70. The fraction of sp³-hybridized carbons (Fsp3) is 0. The van der Waals surface area contributed by atoms with E-state index < -0.39 is 22.6 Å². The molecular formula is C26H22AsP. The zero-order valence-electron chi connectivity index (χ0n) is 15.6. The molecule has 28 heavy (non-hydrogen) atoms. The summed E-state index contributed by atoms with van der Waals surface area (Å²) in [5.41, 5.74) is 0. The van der Waals surface area contributed by atoms with E-state index in [1.807, 2.05) is 0 Å². The first-order chi connectivity index (χ1) is 13.9. The molecule has 0 atom stereocenters. The molecule has 0 aliphatic rings. The molecule has 0 amide bonds. The summed E-state index contributed by atoms with van der Waals surface area (Å²) in [5.74, 6) is 2.49. The van der Waals surface area contributed by atoms with Gasteiger partial charge in [0.05, 0.1) is 0 Å². The fourth-order valence-corrected chi connectivity index (χ4v) is 10.1. The minimum absolute atomic E-state index is 0.508. The second-order valence-corrected chi connectivity index (χ2v) is 12.8. The van der Waals surface area contributed by atoms with Crippen LogP contribution in [0.5, 0.6) is 0 Å². The summed E-state index contributed by atoms with van der Waals surface area (Å²) in [6.07, 6.45) is 0. The Morgan fingerprint density at radius 3 is 1.21 bits per heavy atom. The molecule has 0 saturated heterocycles. The molecule has 0 saturated carbocycles. The van der Waals surface area contributed by atoms with Crippen LogP contribution >= 0.6 is 7.92 Å². The van der Waals surface area contributed by atoms with E-state index in [0.717, 1.165) is 0 Å². The van der Waals surface area contributed by atoms with E-state index in [1.165, 1.54) is 19.3 Å². The van der Waals surface area contributed by atoms with E-state index in [-0.39, 0.29) is 0 Å². The van der Waals surface area contributed by atoms with Crippen molar-refractivity contribution in [1.29, 1.82) is 0 Å². The summed E-state index contributed by atoms with van der Waals surface area (Å²) in [6.45, 7) is 0. The van der Waals surface area contributed by atoms with E-state index in [0.29, 0.717) is 0 Å². The van der Waals surface area contributed by atoms with Crippen LogP contribution in [-0.2, 0) is 0 Å². The molecule has 0 heterocycles. The molecule has 4 aromatic rings. The third kappa shape index (κ3) is 4.71. The number of hydrogen-bond acceptors (Lipinski definition) is 0. The van der Waals surface area contributed by atoms with Crippen molar-refractivity contribution < 1.29 is 0 Å². The SMILES string of the molecule is C(=C/[As](c1ccccc1)c1ccccc1)/P(c1ccccc1)c1ccccc1. The van der Waals surface area contributed by atoms with Crippen LogP contribution in [0, 0.1) is 0 Å². The van der Waals surface area contributed by atoms with Gasteiger partial charge in [-0.2, -0.15) is 0 Å². The van der Waals surface area contributed by atoms with Gasteiger partial charge in [-0.15, -0.1) is 0 Å². The average Bonchev–Trinajstić information content (AvgIpc) is 2.79. The van der Waals surface area contributed by atoms with Crippen molar-refractivity contribution in [1.82, 2.24) is 0 Å². The summed E-state index contributed by atoms with van der Waals surface area (Å²) < 4.78 is 2.93. The Labute approximate surface area is 173 Å². The standard InChI is InChI=1S/C26H22AsP/c1-5-13-23(14-6-1)27(24-15-7-2-8-16-24)21-22-28(25-17-9-3-10-18-25)26-19-11-4-12-20-26/h1-22H/b22-21-. The summed E-state index contributed by atoms with van der Waals surface area (Å²) in [6, 6.07) is 43.8. The number of rotatable bonds is 6. The molecule has 4 aromatic carbocycles. The molecule has 0 aromatic heterocycles. The van der Waals surface area contributed by atoms with E-state index in [4.69, 9.17) is 0 Å². The molecule has 4 rings (SSSR count). The van der Waals surface area contributed by atoms with Crippen LogP contribution in [0.2, 0.25) is 0 Å². The predicted octanol–water partition coefficient (Wildman–Crippen LogP) is 4.48. The van der Waals surface area contributed by atoms with Gasteiger partial charge in [0.25, 0.3) is 0 Å². The van der Waals surface area contributed by atoms with Gasteiger partial charge in [0.15, 0.2) is 0 Å². The van der Waals surface area contributed by atoms with Crippen molar-refractivity contribution in [2.45, 2.75) is 0 Å². The summed E-state index contributed by atoms with van der Waals surface area (Å²) in [5, 5.41) is 2.80. The van der Waals surface area contributed by atoms with Crippen molar-refractivity contribution in [2.24, 2.45) is 0 Å². The van der Waals surface area contributed by atoms with Crippen LogP contribution in [0.4, 0.5) is 0 Å². The molecule has 0 unspecified atom stereocenters. The van der Waals surface area contributed by atoms with Gasteiger partial charge in [0, 0.05) is 0 Å². The average molecular weight is 440 g/mol. The first-order valence-corrected chi connectivity index (χ1v) is 13.8. The quantitative estimate of drug-likeness (QED) is 0.306. The van der Waals surface area contributed by atoms with E-state index in [2.05, 4.69) is 132 Å². The van der Waals surface area contributed by atoms with Gasteiger partial charge in [-0.1, -0.05) is 0 Å². The molecule has 0 N–H and O–H groups in total. The van der Waals surface area contributed by atoms with Gasteiger partial charge in [0.1, 0.15) is 0 Å². The van der Waals surface area contributed by atoms with Gasteiger partial charge in [-0.25, -0.2) is 0 Å². The Balaban J connectivity index is 1.75. The van der Waals surface area contributed by atoms with Crippen LogP contribution in [0.3, 0.4) is 0 Å². The Morgan fingerprint density at radius 1 is 0.464 bits per heavy atom. The molecule has 0 fully saturated rings.